The van der Waals surface area contributed by atoms with Gasteiger partial charge in [0.2, 0.25) is 0 Å². The zero-order chi connectivity index (χ0) is 23.6. The van der Waals surface area contributed by atoms with Crippen molar-refractivity contribution in [3.8, 4) is 5.75 Å². The molecule has 1 unspecified atom stereocenters. The van der Waals surface area contributed by atoms with Crippen molar-refractivity contribution in [1.29, 1.82) is 0 Å². The smallest absolute Gasteiger partial charge is 0.406 e. The van der Waals surface area contributed by atoms with E-state index in [1.807, 2.05) is 11.0 Å². The molecule has 0 bridgehead atoms. The average Bonchev–Trinajstić information content (AvgIpc) is 3.61. The Morgan fingerprint density at radius 1 is 1.09 bits per heavy atom. The van der Waals surface area contributed by atoms with E-state index in [2.05, 4.69) is 15.4 Å². The van der Waals surface area contributed by atoms with Gasteiger partial charge in [0.05, 0.1) is 6.04 Å². The quantitative estimate of drug-likeness (QED) is 0.696. The summed E-state index contributed by atoms with van der Waals surface area (Å²) >= 11 is 0. The van der Waals surface area contributed by atoms with Crippen LogP contribution in [0.1, 0.15) is 31.2 Å². The molecule has 4 amide bonds. The molecule has 33 heavy (non-hydrogen) atoms. The van der Waals surface area contributed by atoms with Crippen LogP contribution in [-0.4, -0.2) is 60.4 Å². The summed E-state index contributed by atoms with van der Waals surface area (Å²) in [7, 11) is 1.60. The molecule has 2 N–H and O–H groups in total. The molecule has 2 aliphatic rings. The molecule has 10 heteroatoms. The van der Waals surface area contributed by atoms with Gasteiger partial charge in [0.1, 0.15) is 5.75 Å². The van der Waals surface area contributed by atoms with Crippen LogP contribution in [0.25, 0.3) is 10.8 Å². The second kappa shape index (κ2) is 9.36. The molecular weight excluding hydrogens is 437 g/mol. The largest absolute Gasteiger partial charge is 0.573 e. The average molecular weight is 464 g/mol. The topological polar surface area (TPSA) is 73.9 Å². The normalized spacial score (nSPS) is 18.7. The lowest BCUT2D eigenvalue weighted by Crippen LogP contribution is -2.56. The molecule has 0 spiro atoms. The Bertz CT molecular complexity index is 1030. The van der Waals surface area contributed by atoms with E-state index in [0.717, 1.165) is 36.6 Å². The van der Waals surface area contributed by atoms with Gasteiger partial charge in [-0.05, 0) is 60.2 Å². The van der Waals surface area contributed by atoms with E-state index in [1.54, 1.807) is 30.1 Å². The van der Waals surface area contributed by atoms with Crippen LogP contribution in [0.5, 0.6) is 5.75 Å². The number of nitrogens with one attached hydrogen (secondary N) is 2. The van der Waals surface area contributed by atoms with Crippen LogP contribution in [-0.2, 0) is 6.54 Å². The van der Waals surface area contributed by atoms with Crippen LogP contribution in [0.15, 0.2) is 36.4 Å². The Labute approximate surface area is 189 Å². The monoisotopic (exact) mass is 464 g/mol. The highest BCUT2D eigenvalue weighted by Crippen LogP contribution is 2.32. The zero-order valence-corrected chi connectivity index (χ0v) is 18.3. The number of likely N-dealkylation sites (tertiary alicyclic amines) is 1. The first-order valence-corrected chi connectivity index (χ1v) is 11.0. The number of halogens is 3. The standard InChI is InChI=1S/C23H27F3N4O3/c1-27-21(31)29-10-2-3-19(14-29)30(18-7-8-18)22(32)28-13-15-4-5-16-6-9-20(12-17(16)11-15)33-23(24,25)26/h4-6,9,11-12,18-19H,2-3,7-8,10,13-14H2,1H3,(H,27,31)(H,28,32). The summed E-state index contributed by atoms with van der Waals surface area (Å²) in [5.74, 6) is -0.283. The number of alkyl halides is 3. The number of nitrogens with zero attached hydrogens (tertiary/aromatic N) is 2. The molecule has 1 saturated heterocycles. The van der Waals surface area contributed by atoms with Gasteiger partial charge in [-0.25, -0.2) is 9.59 Å². The summed E-state index contributed by atoms with van der Waals surface area (Å²) in [4.78, 5) is 28.7. The molecule has 1 aliphatic carbocycles. The fourth-order valence-electron chi connectivity index (χ4n) is 4.36. The highest BCUT2D eigenvalue weighted by molar-refractivity contribution is 5.84. The van der Waals surface area contributed by atoms with Crippen molar-refractivity contribution in [2.75, 3.05) is 20.1 Å². The van der Waals surface area contributed by atoms with Crippen molar-refractivity contribution in [3.63, 3.8) is 0 Å². The van der Waals surface area contributed by atoms with Gasteiger partial charge in [-0.1, -0.05) is 18.2 Å². The summed E-state index contributed by atoms with van der Waals surface area (Å²) in [5.41, 5.74) is 0.770. The third kappa shape index (κ3) is 5.80. The van der Waals surface area contributed by atoms with Crippen molar-refractivity contribution >= 4 is 22.8 Å². The number of ether oxygens (including phenoxy) is 1. The fourth-order valence-corrected chi connectivity index (χ4v) is 4.36. The van der Waals surface area contributed by atoms with Crippen molar-refractivity contribution in [2.24, 2.45) is 0 Å². The Kier molecular flexibility index (Phi) is 6.53. The first-order chi connectivity index (χ1) is 15.7. The number of carbonyl (C=O) groups is 2. The molecule has 0 radical (unpaired) electrons. The maximum absolute atomic E-state index is 13.1. The van der Waals surface area contributed by atoms with E-state index in [1.165, 1.54) is 12.1 Å². The minimum atomic E-state index is -4.75. The van der Waals surface area contributed by atoms with E-state index in [0.29, 0.717) is 18.5 Å². The first-order valence-electron chi connectivity index (χ1n) is 11.0. The van der Waals surface area contributed by atoms with Gasteiger partial charge < -0.3 is 25.2 Å². The van der Waals surface area contributed by atoms with Crippen molar-refractivity contribution in [2.45, 2.75) is 50.7 Å². The number of carbonyl (C=O) groups excluding carboxylic acids is 2. The molecule has 1 atom stereocenters. The van der Waals surface area contributed by atoms with Gasteiger partial charge in [0.25, 0.3) is 0 Å². The minimum absolute atomic E-state index is 0.0396. The van der Waals surface area contributed by atoms with Crippen molar-refractivity contribution in [1.82, 2.24) is 20.4 Å². The predicted molar refractivity (Wildman–Crippen MR) is 117 cm³/mol. The van der Waals surface area contributed by atoms with E-state index >= 15 is 0 Å². The second-order valence-electron chi connectivity index (χ2n) is 8.49. The van der Waals surface area contributed by atoms with E-state index in [-0.39, 0.29) is 36.4 Å². The van der Waals surface area contributed by atoms with Gasteiger partial charge in [-0.15, -0.1) is 13.2 Å². The van der Waals surface area contributed by atoms with E-state index in [4.69, 9.17) is 0 Å². The maximum atomic E-state index is 13.1. The van der Waals surface area contributed by atoms with Gasteiger partial charge in [-0.2, -0.15) is 0 Å². The second-order valence-corrected chi connectivity index (χ2v) is 8.49. The maximum Gasteiger partial charge on any atom is 0.573 e. The third-order valence-corrected chi connectivity index (χ3v) is 6.02. The Hall–Kier alpha value is -3.17. The summed E-state index contributed by atoms with van der Waals surface area (Å²) in [6, 6.07) is 9.37. The lowest BCUT2D eigenvalue weighted by Gasteiger charge is -2.39. The van der Waals surface area contributed by atoms with Crippen LogP contribution in [0.4, 0.5) is 22.8 Å². The predicted octanol–water partition coefficient (Wildman–Crippen LogP) is 4.22. The number of hydrogen-bond acceptors (Lipinski definition) is 3. The van der Waals surface area contributed by atoms with Crippen molar-refractivity contribution in [3.05, 3.63) is 42.0 Å². The van der Waals surface area contributed by atoms with Gasteiger partial charge in [-0.3, -0.25) is 0 Å². The number of amides is 4. The SMILES string of the molecule is CNC(=O)N1CCCC(N(C(=O)NCc2ccc3ccc(OC(F)(F)F)cc3c2)C2CC2)C1. The number of rotatable bonds is 5. The van der Waals surface area contributed by atoms with Crippen molar-refractivity contribution < 1.29 is 27.5 Å². The van der Waals surface area contributed by atoms with E-state index in [9.17, 15) is 22.8 Å². The molecule has 2 aromatic rings. The van der Waals surface area contributed by atoms with Crippen LogP contribution >= 0.6 is 0 Å². The molecular formula is C23H27F3N4O3. The molecule has 4 rings (SSSR count). The molecule has 178 valence electrons. The molecule has 2 aromatic carbocycles. The fraction of sp³-hybridized carbons (Fsp3) is 0.478. The van der Waals surface area contributed by atoms with Crippen LogP contribution in [0, 0.1) is 0 Å². The molecule has 1 heterocycles. The summed E-state index contributed by atoms with van der Waals surface area (Å²) in [6.07, 6.45) is -1.18. The highest BCUT2D eigenvalue weighted by atomic mass is 19.4. The number of urea groups is 2. The van der Waals surface area contributed by atoms with Crippen LogP contribution in [0.2, 0.25) is 0 Å². The molecule has 7 nitrogen and oxygen atoms in total. The minimum Gasteiger partial charge on any atom is -0.406 e. The number of hydrogen-bond donors (Lipinski definition) is 2. The van der Waals surface area contributed by atoms with Crippen LogP contribution < -0.4 is 15.4 Å². The molecule has 2 fully saturated rings. The molecule has 0 aromatic heterocycles. The number of benzene rings is 2. The summed E-state index contributed by atoms with van der Waals surface area (Å²) in [6.45, 7) is 1.42. The lowest BCUT2D eigenvalue weighted by atomic mass is 10.0. The van der Waals surface area contributed by atoms with Gasteiger partial charge in [0.15, 0.2) is 0 Å². The van der Waals surface area contributed by atoms with Gasteiger partial charge in [0, 0.05) is 32.7 Å². The Morgan fingerprint density at radius 3 is 2.55 bits per heavy atom. The van der Waals surface area contributed by atoms with Gasteiger partial charge >= 0.3 is 18.4 Å². The third-order valence-electron chi connectivity index (χ3n) is 6.02. The summed E-state index contributed by atoms with van der Waals surface area (Å²) in [5, 5.41) is 6.96. The number of fused-ring (bicyclic) bond motifs is 1. The van der Waals surface area contributed by atoms with Crippen LogP contribution in [0.3, 0.4) is 0 Å². The molecule has 1 aliphatic heterocycles. The number of piperidine rings is 1. The Morgan fingerprint density at radius 2 is 1.85 bits per heavy atom. The van der Waals surface area contributed by atoms with E-state index < -0.39 is 6.36 Å². The zero-order valence-electron chi connectivity index (χ0n) is 18.3. The Balaban J connectivity index is 1.42. The first kappa shape index (κ1) is 23.0. The molecule has 1 saturated carbocycles. The lowest BCUT2D eigenvalue weighted by molar-refractivity contribution is -0.274. The highest BCUT2D eigenvalue weighted by Gasteiger charge is 2.39. The summed E-state index contributed by atoms with van der Waals surface area (Å²) < 4.78 is 41.6.